The Morgan fingerprint density at radius 3 is 2.88 bits per heavy atom. The Bertz CT molecular complexity index is 1480. The molecule has 1 aliphatic heterocycles. The molecule has 2 aromatic heterocycles. The zero-order chi connectivity index (χ0) is 23.1. The van der Waals surface area contributed by atoms with E-state index in [2.05, 4.69) is 15.4 Å². The minimum Gasteiger partial charge on any atom is -0.326 e. The molecule has 0 saturated heterocycles. The number of benzene rings is 2. The minimum absolute atomic E-state index is 0.0435. The van der Waals surface area contributed by atoms with E-state index >= 15 is 0 Å². The van der Waals surface area contributed by atoms with Gasteiger partial charge in [0.2, 0.25) is 5.91 Å². The van der Waals surface area contributed by atoms with Crippen LogP contribution in [0.25, 0.3) is 16.7 Å². The molecule has 11 heteroatoms. The van der Waals surface area contributed by atoms with Gasteiger partial charge in [0.15, 0.2) is 10.8 Å². The number of hydrogen-bond acceptors (Lipinski definition) is 7. The molecule has 10 nitrogen and oxygen atoms in total. The predicted octanol–water partition coefficient (Wildman–Crippen LogP) is 3.47. The maximum atomic E-state index is 13.3. The summed E-state index contributed by atoms with van der Waals surface area (Å²) in [6, 6.07) is 13.1. The number of nitro groups is 1. The summed E-state index contributed by atoms with van der Waals surface area (Å²) in [6.45, 7) is 1.98. The number of nitrogens with one attached hydrogen (secondary N) is 1. The van der Waals surface area contributed by atoms with Gasteiger partial charge in [0.05, 0.1) is 22.8 Å². The van der Waals surface area contributed by atoms with E-state index in [-0.39, 0.29) is 29.6 Å². The van der Waals surface area contributed by atoms with Crippen molar-refractivity contribution in [1.29, 1.82) is 0 Å². The molecular formula is C22H18N6O4S. The number of anilines is 1. The van der Waals surface area contributed by atoms with E-state index < -0.39 is 4.92 Å². The zero-order valence-electron chi connectivity index (χ0n) is 17.5. The van der Waals surface area contributed by atoms with E-state index in [4.69, 9.17) is 0 Å². The second-order valence-electron chi connectivity index (χ2n) is 7.73. The van der Waals surface area contributed by atoms with Crippen molar-refractivity contribution in [3.05, 3.63) is 80.8 Å². The third kappa shape index (κ3) is 3.87. The molecular weight excluding hydrogens is 444 g/mol. The number of thioether (sulfide) groups is 1. The first kappa shape index (κ1) is 20.9. The summed E-state index contributed by atoms with van der Waals surface area (Å²) in [5, 5.41) is 18.9. The van der Waals surface area contributed by atoms with Crippen molar-refractivity contribution in [2.75, 3.05) is 11.1 Å². The van der Waals surface area contributed by atoms with Crippen LogP contribution in [0.1, 0.15) is 18.0 Å². The number of aromatic nitrogens is 4. The third-order valence-electron chi connectivity index (χ3n) is 5.38. The molecule has 1 atom stereocenters. The molecule has 5 rings (SSSR count). The van der Waals surface area contributed by atoms with E-state index in [0.29, 0.717) is 27.6 Å². The lowest BCUT2D eigenvalue weighted by molar-refractivity contribution is -0.384. The quantitative estimate of drug-likeness (QED) is 0.273. The van der Waals surface area contributed by atoms with Crippen molar-refractivity contribution in [1.82, 2.24) is 19.3 Å². The van der Waals surface area contributed by atoms with E-state index in [1.807, 2.05) is 31.2 Å². The third-order valence-corrected chi connectivity index (χ3v) is 6.48. The van der Waals surface area contributed by atoms with Gasteiger partial charge >= 0.3 is 0 Å². The highest BCUT2D eigenvalue weighted by atomic mass is 32.2. The van der Waals surface area contributed by atoms with Crippen LogP contribution in [0.3, 0.4) is 0 Å². The van der Waals surface area contributed by atoms with Gasteiger partial charge in [-0.2, -0.15) is 5.10 Å². The Hall–Kier alpha value is -3.99. The molecule has 2 aromatic carbocycles. The second kappa shape index (κ2) is 8.17. The van der Waals surface area contributed by atoms with Gasteiger partial charge in [-0.25, -0.2) is 9.67 Å². The van der Waals surface area contributed by atoms with Gasteiger partial charge in [0.1, 0.15) is 5.39 Å². The van der Waals surface area contributed by atoms with E-state index in [1.165, 1.54) is 36.2 Å². The molecule has 4 aromatic rings. The van der Waals surface area contributed by atoms with Crippen LogP contribution in [-0.2, 0) is 4.79 Å². The van der Waals surface area contributed by atoms with Gasteiger partial charge < -0.3 is 5.32 Å². The first-order valence-electron chi connectivity index (χ1n) is 10.1. The fourth-order valence-electron chi connectivity index (χ4n) is 3.85. The number of nitro benzene ring substituents is 1. The van der Waals surface area contributed by atoms with Crippen LogP contribution in [-0.4, -0.2) is 35.9 Å². The number of aryl methyl sites for hydroxylation is 1. The second-order valence-corrected chi connectivity index (χ2v) is 8.71. The molecule has 3 heterocycles. The standard InChI is InChI=1S/C22H18N6O4S/c1-13-4-2-6-15(8-13)27-20-18(11-23-27)21(30)26-17(12-33-22(26)25-20)10-19(29)24-14-5-3-7-16(9-14)28(31)32/h2-9,11,17H,10,12H2,1H3,(H,24,29). The monoisotopic (exact) mass is 462 g/mol. The molecule has 33 heavy (non-hydrogen) atoms. The van der Waals surface area contributed by atoms with Crippen molar-refractivity contribution >= 4 is 40.1 Å². The number of carbonyl (C=O) groups is 1. The van der Waals surface area contributed by atoms with Gasteiger partial charge in [-0.1, -0.05) is 30.0 Å². The van der Waals surface area contributed by atoms with Crippen LogP contribution in [0, 0.1) is 17.0 Å². The number of fused-ring (bicyclic) bond motifs is 2. The van der Waals surface area contributed by atoms with Crippen molar-refractivity contribution in [3.63, 3.8) is 0 Å². The number of non-ortho nitro benzene ring substituents is 1. The molecule has 0 aliphatic carbocycles. The Balaban J connectivity index is 1.42. The Morgan fingerprint density at radius 1 is 1.27 bits per heavy atom. The zero-order valence-corrected chi connectivity index (χ0v) is 18.3. The number of rotatable bonds is 5. The first-order chi connectivity index (χ1) is 15.9. The maximum Gasteiger partial charge on any atom is 0.271 e. The average Bonchev–Trinajstić information content (AvgIpc) is 3.39. The molecule has 1 unspecified atom stereocenters. The predicted molar refractivity (Wildman–Crippen MR) is 124 cm³/mol. The van der Waals surface area contributed by atoms with Crippen LogP contribution >= 0.6 is 11.8 Å². The van der Waals surface area contributed by atoms with E-state index in [9.17, 15) is 19.7 Å². The molecule has 0 fully saturated rings. The van der Waals surface area contributed by atoms with Gasteiger partial charge in [0.25, 0.3) is 11.2 Å². The normalized spacial score (nSPS) is 14.9. The summed E-state index contributed by atoms with van der Waals surface area (Å²) < 4.78 is 3.19. The molecule has 0 spiro atoms. The SMILES string of the molecule is Cc1cccc(-n2ncc3c(=O)n4c(nc32)SCC4CC(=O)Nc2cccc([N+](=O)[O-])c2)c1. The topological polar surface area (TPSA) is 125 Å². The van der Waals surface area contributed by atoms with Gasteiger partial charge in [0, 0.05) is 30.0 Å². The van der Waals surface area contributed by atoms with E-state index in [1.54, 1.807) is 15.3 Å². The molecule has 1 amide bonds. The highest BCUT2D eigenvalue weighted by molar-refractivity contribution is 7.99. The summed E-state index contributed by atoms with van der Waals surface area (Å²) >= 11 is 1.41. The molecule has 1 aliphatic rings. The van der Waals surface area contributed by atoms with Crippen LogP contribution in [0.2, 0.25) is 0 Å². The Morgan fingerprint density at radius 2 is 2.09 bits per heavy atom. The average molecular weight is 462 g/mol. The van der Waals surface area contributed by atoms with Gasteiger partial charge in [-0.05, 0) is 30.7 Å². The molecule has 1 N–H and O–H groups in total. The summed E-state index contributed by atoms with van der Waals surface area (Å²) in [6.07, 6.45) is 1.55. The lowest BCUT2D eigenvalue weighted by Gasteiger charge is -2.13. The number of nitrogens with zero attached hydrogens (tertiary/aromatic N) is 5. The summed E-state index contributed by atoms with van der Waals surface area (Å²) in [5.74, 6) is 0.186. The van der Waals surface area contributed by atoms with Crippen molar-refractivity contribution in [3.8, 4) is 5.69 Å². The van der Waals surface area contributed by atoms with Crippen LogP contribution in [0.15, 0.2) is 64.7 Å². The lowest BCUT2D eigenvalue weighted by Crippen LogP contribution is -2.27. The summed E-state index contributed by atoms with van der Waals surface area (Å²) in [7, 11) is 0. The van der Waals surface area contributed by atoms with Crippen LogP contribution < -0.4 is 10.9 Å². The minimum atomic E-state index is -0.521. The molecule has 0 radical (unpaired) electrons. The number of carbonyl (C=O) groups excluding carboxylic acids is 1. The molecule has 0 saturated carbocycles. The largest absolute Gasteiger partial charge is 0.326 e. The van der Waals surface area contributed by atoms with Gasteiger partial charge in [-0.3, -0.25) is 24.3 Å². The van der Waals surface area contributed by atoms with Crippen molar-refractivity contribution < 1.29 is 9.72 Å². The smallest absolute Gasteiger partial charge is 0.271 e. The van der Waals surface area contributed by atoms with Crippen LogP contribution in [0.5, 0.6) is 0 Å². The highest BCUT2D eigenvalue weighted by Crippen LogP contribution is 2.33. The Kier molecular flexibility index (Phi) is 5.17. The maximum absolute atomic E-state index is 13.3. The Labute approximate surface area is 191 Å². The lowest BCUT2D eigenvalue weighted by atomic mass is 10.2. The summed E-state index contributed by atoms with van der Waals surface area (Å²) in [4.78, 5) is 41.0. The molecule has 0 bridgehead atoms. The summed E-state index contributed by atoms with van der Waals surface area (Å²) in [5.41, 5.74) is 2.34. The number of amides is 1. The fraction of sp³-hybridized carbons (Fsp3) is 0.182. The van der Waals surface area contributed by atoms with Crippen LogP contribution in [0.4, 0.5) is 11.4 Å². The molecule has 166 valence electrons. The number of hydrogen-bond donors (Lipinski definition) is 1. The first-order valence-corrected chi connectivity index (χ1v) is 11.1. The van der Waals surface area contributed by atoms with Crippen molar-refractivity contribution in [2.45, 2.75) is 24.5 Å². The van der Waals surface area contributed by atoms with Gasteiger partial charge in [-0.15, -0.1) is 0 Å². The van der Waals surface area contributed by atoms with E-state index in [0.717, 1.165) is 11.3 Å². The fourth-order valence-corrected chi connectivity index (χ4v) is 4.98. The highest BCUT2D eigenvalue weighted by Gasteiger charge is 2.29. The van der Waals surface area contributed by atoms with Crippen molar-refractivity contribution in [2.24, 2.45) is 0 Å².